The van der Waals surface area contributed by atoms with Gasteiger partial charge < -0.3 is 4.18 Å². The van der Waals surface area contributed by atoms with E-state index in [9.17, 15) is 8.42 Å². The zero-order chi connectivity index (χ0) is 10.9. The lowest BCUT2D eigenvalue weighted by Crippen LogP contribution is -2.08. The van der Waals surface area contributed by atoms with Crippen molar-refractivity contribution in [1.82, 2.24) is 0 Å². The Kier molecular flexibility index (Phi) is 2.69. The zero-order valence-corrected chi connectivity index (χ0v) is 9.51. The molecule has 82 valence electrons. The van der Waals surface area contributed by atoms with E-state index in [1.165, 1.54) is 24.0 Å². The van der Waals surface area contributed by atoms with Gasteiger partial charge in [0.25, 0.3) is 0 Å². The molecule has 0 aliphatic heterocycles. The number of fused-ring (bicyclic) bond motifs is 1. The Morgan fingerprint density at radius 3 is 2.47 bits per heavy atom. The van der Waals surface area contributed by atoms with Gasteiger partial charge in [-0.05, 0) is 48.9 Å². The summed E-state index contributed by atoms with van der Waals surface area (Å²) < 4.78 is 26.7. The van der Waals surface area contributed by atoms with Crippen molar-refractivity contribution in [1.29, 1.82) is 0 Å². The van der Waals surface area contributed by atoms with Gasteiger partial charge in [-0.2, -0.15) is 8.42 Å². The van der Waals surface area contributed by atoms with Gasteiger partial charge in [-0.1, -0.05) is 6.07 Å². The van der Waals surface area contributed by atoms with Gasteiger partial charge in [0.2, 0.25) is 0 Å². The molecule has 0 saturated heterocycles. The summed E-state index contributed by atoms with van der Waals surface area (Å²) in [6.45, 7) is 0. The van der Waals surface area contributed by atoms with E-state index >= 15 is 0 Å². The topological polar surface area (TPSA) is 43.4 Å². The zero-order valence-electron chi connectivity index (χ0n) is 8.69. The van der Waals surface area contributed by atoms with Crippen LogP contribution in [0.5, 0.6) is 5.75 Å². The molecule has 1 aromatic rings. The summed E-state index contributed by atoms with van der Waals surface area (Å²) in [6, 6.07) is 5.54. The molecule has 1 aliphatic carbocycles. The molecule has 0 heterocycles. The average molecular weight is 226 g/mol. The molecule has 4 heteroatoms. The van der Waals surface area contributed by atoms with E-state index in [1.54, 1.807) is 6.07 Å². The average Bonchev–Trinajstić information content (AvgIpc) is 2.15. The highest BCUT2D eigenvalue weighted by atomic mass is 32.2. The second kappa shape index (κ2) is 3.85. The maximum atomic E-state index is 10.9. The van der Waals surface area contributed by atoms with Gasteiger partial charge in [-0.25, -0.2) is 0 Å². The van der Waals surface area contributed by atoms with Crippen LogP contribution in [0.15, 0.2) is 18.2 Å². The first kappa shape index (κ1) is 10.5. The van der Waals surface area contributed by atoms with Crippen molar-refractivity contribution in [2.45, 2.75) is 25.7 Å². The Bertz CT molecular complexity index is 463. The SMILES string of the molecule is CS(=O)(=O)Oc1ccc2c(c1)CCCC2. The summed E-state index contributed by atoms with van der Waals surface area (Å²) in [6.07, 6.45) is 5.58. The maximum Gasteiger partial charge on any atom is 0.306 e. The highest BCUT2D eigenvalue weighted by molar-refractivity contribution is 7.86. The summed E-state index contributed by atoms with van der Waals surface area (Å²) in [5.41, 5.74) is 2.55. The fourth-order valence-electron chi connectivity index (χ4n) is 1.94. The predicted molar refractivity (Wildman–Crippen MR) is 58.6 cm³/mol. The number of aryl methyl sites for hydroxylation is 2. The van der Waals surface area contributed by atoms with Gasteiger partial charge in [-0.3, -0.25) is 0 Å². The minimum atomic E-state index is -3.40. The normalized spacial score (nSPS) is 15.8. The highest BCUT2D eigenvalue weighted by Gasteiger charge is 2.11. The quantitative estimate of drug-likeness (QED) is 0.723. The van der Waals surface area contributed by atoms with E-state index in [0.29, 0.717) is 5.75 Å². The molecule has 1 aromatic carbocycles. The first-order valence-electron chi connectivity index (χ1n) is 5.06. The molecular weight excluding hydrogens is 212 g/mol. The van der Waals surface area contributed by atoms with Crippen molar-refractivity contribution in [3.05, 3.63) is 29.3 Å². The molecule has 3 nitrogen and oxygen atoms in total. The largest absolute Gasteiger partial charge is 0.383 e. The van der Waals surface area contributed by atoms with Crippen LogP contribution < -0.4 is 4.18 Å². The van der Waals surface area contributed by atoms with Crippen LogP contribution in [0.3, 0.4) is 0 Å². The molecule has 0 atom stereocenters. The summed E-state index contributed by atoms with van der Waals surface area (Å²) in [7, 11) is -3.40. The van der Waals surface area contributed by atoms with Gasteiger partial charge in [0, 0.05) is 0 Å². The van der Waals surface area contributed by atoms with E-state index in [0.717, 1.165) is 19.1 Å². The first-order valence-corrected chi connectivity index (χ1v) is 6.87. The van der Waals surface area contributed by atoms with E-state index in [4.69, 9.17) is 4.18 Å². The molecule has 0 saturated carbocycles. The fourth-order valence-corrected chi connectivity index (χ4v) is 2.39. The van der Waals surface area contributed by atoms with Gasteiger partial charge >= 0.3 is 10.1 Å². The van der Waals surface area contributed by atoms with Crippen LogP contribution in [0.1, 0.15) is 24.0 Å². The molecule has 0 N–H and O–H groups in total. The van der Waals surface area contributed by atoms with Crippen molar-refractivity contribution in [2.75, 3.05) is 6.26 Å². The van der Waals surface area contributed by atoms with Crippen LogP contribution in [0.25, 0.3) is 0 Å². The minimum Gasteiger partial charge on any atom is -0.383 e. The van der Waals surface area contributed by atoms with Crippen molar-refractivity contribution >= 4 is 10.1 Å². The second-order valence-electron chi connectivity index (χ2n) is 3.93. The molecule has 0 amide bonds. The van der Waals surface area contributed by atoms with Gasteiger partial charge in [0.15, 0.2) is 0 Å². The Labute approximate surface area is 90.2 Å². The summed E-state index contributed by atoms with van der Waals surface area (Å²) in [5, 5.41) is 0. The van der Waals surface area contributed by atoms with Crippen LogP contribution in [0.4, 0.5) is 0 Å². The van der Waals surface area contributed by atoms with E-state index in [-0.39, 0.29) is 0 Å². The Morgan fingerprint density at radius 1 is 1.13 bits per heavy atom. The number of benzene rings is 1. The van der Waals surface area contributed by atoms with Crippen molar-refractivity contribution < 1.29 is 12.6 Å². The summed E-state index contributed by atoms with van der Waals surface area (Å²) >= 11 is 0. The van der Waals surface area contributed by atoms with Gasteiger partial charge in [-0.15, -0.1) is 0 Å². The molecule has 0 unspecified atom stereocenters. The van der Waals surface area contributed by atoms with Crippen LogP contribution in [-0.2, 0) is 23.0 Å². The van der Waals surface area contributed by atoms with Crippen LogP contribution in [0, 0.1) is 0 Å². The van der Waals surface area contributed by atoms with Crippen molar-refractivity contribution in [3.8, 4) is 5.75 Å². The minimum absolute atomic E-state index is 0.429. The predicted octanol–water partition coefficient (Wildman–Crippen LogP) is 1.90. The molecular formula is C11H14O3S. The number of hydrogen-bond acceptors (Lipinski definition) is 3. The lowest BCUT2D eigenvalue weighted by Gasteiger charge is -2.16. The summed E-state index contributed by atoms with van der Waals surface area (Å²) in [5.74, 6) is 0.429. The third-order valence-electron chi connectivity index (χ3n) is 2.57. The van der Waals surface area contributed by atoms with Crippen LogP contribution in [-0.4, -0.2) is 14.7 Å². The lowest BCUT2D eigenvalue weighted by molar-refractivity contribution is 0.492. The fraction of sp³-hybridized carbons (Fsp3) is 0.455. The molecule has 2 rings (SSSR count). The van der Waals surface area contributed by atoms with Gasteiger partial charge in [0.1, 0.15) is 5.75 Å². The molecule has 15 heavy (non-hydrogen) atoms. The molecule has 0 aromatic heterocycles. The lowest BCUT2D eigenvalue weighted by atomic mass is 9.92. The smallest absolute Gasteiger partial charge is 0.306 e. The standard InChI is InChI=1S/C11H14O3S/c1-15(12,13)14-11-7-6-9-4-2-3-5-10(9)8-11/h6-8H,2-5H2,1H3. The molecule has 0 radical (unpaired) electrons. The van der Waals surface area contributed by atoms with Crippen molar-refractivity contribution in [3.63, 3.8) is 0 Å². The van der Waals surface area contributed by atoms with Crippen LogP contribution in [0.2, 0.25) is 0 Å². The Hall–Kier alpha value is -1.03. The molecule has 1 aliphatic rings. The monoisotopic (exact) mass is 226 g/mol. The Balaban J connectivity index is 2.28. The number of rotatable bonds is 2. The third kappa shape index (κ3) is 2.72. The van der Waals surface area contributed by atoms with Crippen LogP contribution >= 0.6 is 0 Å². The number of hydrogen-bond donors (Lipinski definition) is 0. The summed E-state index contributed by atoms with van der Waals surface area (Å²) in [4.78, 5) is 0. The van der Waals surface area contributed by atoms with Gasteiger partial charge in [0.05, 0.1) is 6.26 Å². The van der Waals surface area contributed by atoms with E-state index < -0.39 is 10.1 Å². The molecule has 0 spiro atoms. The first-order chi connectivity index (χ1) is 7.04. The van der Waals surface area contributed by atoms with Crippen molar-refractivity contribution in [2.24, 2.45) is 0 Å². The Morgan fingerprint density at radius 2 is 1.80 bits per heavy atom. The third-order valence-corrected chi connectivity index (χ3v) is 3.06. The second-order valence-corrected chi connectivity index (χ2v) is 5.50. The van der Waals surface area contributed by atoms with E-state index in [1.807, 2.05) is 12.1 Å². The highest BCUT2D eigenvalue weighted by Crippen LogP contribution is 2.25. The molecule has 0 fully saturated rings. The molecule has 0 bridgehead atoms. The van der Waals surface area contributed by atoms with E-state index in [2.05, 4.69) is 0 Å². The maximum absolute atomic E-state index is 10.9.